The molecule has 1 aliphatic rings. The molecule has 0 aromatic rings. The second kappa shape index (κ2) is 6.75. The van der Waals surface area contributed by atoms with Crippen LogP contribution in [0.3, 0.4) is 0 Å². The van der Waals surface area contributed by atoms with Crippen LogP contribution < -0.4 is 5.73 Å². The molecule has 0 heterocycles. The SMILES string of the molecule is CCN(CCC#N)C(=O)C1(CN)CCC(C)CC1. The van der Waals surface area contributed by atoms with Crippen LogP contribution in [0.1, 0.15) is 46.0 Å². The Balaban J connectivity index is 2.74. The van der Waals surface area contributed by atoms with Crippen molar-refractivity contribution in [1.82, 2.24) is 4.90 Å². The fraction of sp³-hybridized carbons (Fsp3) is 0.857. The standard InChI is InChI=1S/C14H25N3O/c1-3-17(10-4-9-15)13(18)14(11-16)7-5-12(2)6-8-14/h12H,3-8,10-11,16H2,1-2H3. The number of carbonyl (C=O) groups excluding carboxylic acids is 1. The first-order chi connectivity index (χ1) is 8.59. The largest absolute Gasteiger partial charge is 0.341 e. The minimum Gasteiger partial charge on any atom is -0.341 e. The highest BCUT2D eigenvalue weighted by molar-refractivity contribution is 5.83. The molecule has 1 saturated carbocycles. The summed E-state index contributed by atoms with van der Waals surface area (Å²) in [6.07, 6.45) is 4.35. The van der Waals surface area contributed by atoms with E-state index in [0.29, 0.717) is 32.0 Å². The highest BCUT2D eigenvalue weighted by atomic mass is 16.2. The smallest absolute Gasteiger partial charge is 0.230 e. The van der Waals surface area contributed by atoms with Crippen molar-refractivity contribution in [3.8, 4) is 6.07 Å². The lowest BCUT2D eigenvalue weighted by Gasteiger charge is -2.40. The Morgan fingerprint density at radius 1 is 1.50 bits per heavy atom. The number of hydrogen-bond acceptors (Lipinski definition) is 3. The zero-order valence-electron chi connectivity index (χ0n) is 11.6. The molecule has 0 saturated heterocycles. The van der Waals surface area contributed by atoms with Crippen molar-refractivity contribution < 1.29 is 4.79 Å². The van der Waals surface area contributed by atoms with E-state index in [1.165, 1.54) is 0 Å². The lowest BCUT2D eigenvalue weighted by atomic mass is 9.70. The molecule has 4 heteroatoms. The van der Waals surface area contributed by atoms with Gasteiger partial charge in [0, 0.05) is 19.6 Å². The van der Waals surface area contributed by atoms with E-state index < -0.39 is 0 Å². The van der Waals surface area contributed by atoms with Crippen LogP contribution in [-0.2, 0) is 4.79 Å². The van der Waals surface area contributed by atoms with Crippen LogP contribution in [0.15, 0.2) is 0 Å². The maximum absolute atomic E-state index is 12.6. The highest BCUT2D eigenvalue weighted by Crippen LogP contribution is 2.39. The zero-order valence-corrected chi connectivity index (χ0v) is 11.6. The third-order valence-electron chi connectivity index (χ3n) is 4.24. The molecule has 1 rings (SSSR count). The number of nitrogens with two attached hydrogens (primary N) is 1. The number of carbonyl (C=O) groups is 1. The normalized spacial score (nSPS) is 27.6. The average molecular weight is 251 g/mol. The molecule has 0 aliphatic heterocycles. The van der Waals surface area contributed by atoms with Gasteiger partial charge >= 0.3 is 0 Å². The summed E-state index contributed by atoms with van der Waals surface area (Å²) in [5.41, 5.74) is 5.53. The van der Waals surface area contributed by atoms with Gasteiger partial charge in [0.15, 0.2) is 0 Å². The van der Waals surface area contributed by atoms with Crippen LogP contribution >= 0.6 is 0 Å². The van der Waals surface area contributed by atoms with E-state index in [1.54, 1.807) is 4.90 Å². The van der Waals surface area contributed by atoms with E-state index in [9.17, 15) is 4.79 Å². The molecule has 4 nitrogen and oxygen atoms in total. The van der Waals surface area contributed by atoms with Crippen molar-refractivity contribution in [2.24, 2.45) is 17.1 Å². The summed E-state index contributed by atoms with van der Waals surface area (Å²) in [7, 11) is 0. The van der Waals surface area contributed by atoms with E-state index in [4.69, 9.17) is 11.0 Å². The van der Waals surface area contributed by atoms with Gasteiger partial charge in [-0.05, 0) is 38.5 Å². The Kier molecular flexibility index (Phi) is 5.61. The van der Waals surface area contributed by atoms with Gasteiger partial charge in [0.25, 0.3) is 0 Å². The van der Waals surface area contributed by atoms with Crippen LogP contribution in [0.2, 0.25) is 0 Å². The van der Waals surface area contributed by atoms with Gasteiger partial charge in [-0.3, -0.25) is 4.79 Å². The molecule has 18 heavy (non-hydrogen) atoms. The van der Waals surface area contributed by atoms with Crippen molar-refractivity contribution >= 4 is 5.91 Å². The number of nitrogens with zero attached hydrogens (tertiary/aromatic N) is 2. The second-order valence-corrected chi connectivity index (χ2v) is 5.46. The van der Waals surface area contributed by atoms with Crippen LogP contribution in [0.5, 0.6) is 0 Å². The number of rotatable bonds is 5. The lowest BCUT2D eigenvalue weighted by Crippen LogP contribution is -2.50. The summed E-state index contributed by atoms with van der Waals surface area (Å²) >= 11 is 0. The maximum Gasteiger partial charge on any atom is 0.230 e. The first-order valence-electron chi connectivity index (χ1n) is 6.96. The van der Waals surface area contributed by atoms with Crippen molar-refractivity contribution in [1.29, 1.82) is 5.26 Å². The summed E-state index contributed by atoms with van der Waals surface area (Å²) in [5, 5.41) is 8.65. The third kappa shape index (κ3) is 3.23. The minimum absolute atomic E-state index is 0.162. The van der Waals surface area contributed by atoms with Gasteiger partial charge in [-0.25, -0.2) is 0 Å². The molecular weight excluding hydrogens is 226 g/mol. The predicted octanol–water partition coefficient (Wildman–Crippen LogP) is 1.90. The Morgan fingerprint density at radius 2 is 2.11 bits per heavy atom. The summed E-state index contributed by atoms with van der Waals surface area (Å²) < 4.78 is 0. The van der Waals surface area contributed by atoms with E-state index in [-0.39, 0.29) is 11.3 Å². The van der Waals surface area contributed by atoms with Crippen molar-refractivity contribution in [2.75, 3.05) is 19.6 Å². The molecule has 0 atom stereocenters. The van der Waals surface area contributed by atoms with E-state index in [1.807, 2.05) is 6.92 Å². The molecular formula is C14H25N3O. The molecule has 0 bridgehead atoms. The molecule has 0 unspecified atom stereocenters. The maximum atomic E-state index is 12.6. The Morgan fingerprint density at radius 3 is 2.56 bits per heavy atom. The van der Waals surface area contributed by atoms with Gasteiger partial charge in [0.05, 0.1) is 17.9 Å². The molecule has 0 radical (unpaired) electrons. The molecule has 1 amide bonds. The predicted molar refractivity (Wildman–Crippen MR) is 71.6 cm³/mol. The van der Waals surface area contributed by atoms with Gasteiger partial charge in [-0.1, -0.05) is 6.92 Å². The Labute approximate surface area is 110 Å². The second-order valence-electron chi connectivity index (χ2n) is 5.46. The Bertz CT molecular complexity index is 313. The summed E-state index contributed by atoms with van der Waals surface area (Å²) in [5.74, 6) is 0.862. The lowest BCUT2D eigenvalue weighted by molar-refractivity contribution is -0.143. The monoisotopic (exact) mass is 251 g/mol. The zero-order chi connectivity index (χ0) is 13.6. The highest BCUT2D eigenvalue weighted by Gasteiger charge is 2.41. The van der Waals surface area contributed by atoms with Gasteiger partial charge in [-0.2, -0.15) is 5.26 Å². The number of nitriles is 1. The molecule has 0 aromatic carbocycles. The fourth-order valence-electron chi connectivity index (χ4n) is 2.74. The molecule has 2 N–H and O–H groups in total. The van der Waals surface area contributed by atoms with Crippen LogP contribution in [-0.4, -0.2) is 30.4 Å². The third-order valence-corrected chi connectivity index (χ3v) is 4.24. The molecule has 1 fully saturated rings. The summed E-state index contributed by atoms with van der Waals surface area (Å²) in [6.45, 7) is 5.83. The average Bonchev–Trinajstić information content (AvgIpc) is 2.40. The molecule has 0 spiro atoms. The van der Waals surface area contributed by atoms with Gasteiger partial charge < -0.3 is 10.6 Å². The first kappa shape index (κ1) is 15.0. The molecule has 0 aromatic heterocycles. The topological polar surface area (TPSA) is 70.1 Å². The van der Waals surface area contributed by atoms with Gasteiger partial charge in [0.1, 0.15) is 0 Å². The Hall–Kier alpha value is -1.08. The van der Waals surface area contributed by atoms with Crippen molar-refractivity contribution in [2.45, 2.75) is 46.0 Å². The van der Waals surface area contributed by atoms with E-state index >= 15 is 0 Å². The van der Waals surface area contributed by atoms with Gasteiger partial charge in [-0.15, -0.1) is 0 Å². The van der Waals surface area contributed by atoms with Crippen molar-refractivity contribution in [3.63, 3.8) is 0 Å². The van der Waals surface area contributed by atoms with Gasteiger partial charge in [0.2, 0.25) is 5.91 Å². The van der Waals surface area contributed by atoms with Crippen LogP contribution in [0.25, 0.3) is 0 Å². The van der Waals surface area contributed by atoms with Crippen LogP contribution in [0, 0.1) is 22.7 Å². The number of hydrogen-bond donors (Lipinski definition) is 1. The molecule has 102 valence electrons. The molecule has 1 aliphatic carbocycles. The first-order valence-corrected chi connectivity index (χ1v) is 6.96. The van der Waals surface area contributed by atoms with Crippen molar-refractivity contribution in [3.05, 3.63) is 0 Å². The summed E-state index contributed by atoms with van der Waals surface area (Å²) in [6, 6.07) is 2.10. The fourth-order valence-corrected chi connectivity index (χ4v) is 2.74. The number of amides is 1. The van der Waals surface area contributed by atoms with Crippen LogP contribution in [0.4, 0.5) is 0 Å². The minimum atomic E-state index is -0.363. The van der Waals surface area contributed by atoms with E-state index in [0.717, 1.165) is 25.7 Å². The summed E-state index contributed by atoms with van der Waals surface area (Å²) in [4.78, 5) is 14.4. The quantitative estimate of drug-likeness (QED) is 0.811. The van der Waals surface area contributed by atoms with E-state index in [2.05, 4.69) is 13.0 Å².